The minimum absolute atomic E-state index is 0.0430. The van der Waals surface area contributed by atoms with Crippen LogP contribution in [-0.2, 0) is 0 Å². The zero-order valence-corrected chi connectivity index (χ0v) is 11.8. The summed E-state index contributed by atoms with van der Waals surface area (Å²) in [5.74, 6) is -0.608. The number of nitro groups is 1. The van der Waals surface area contributed by atoms with E-state index in [1.165, 1.54) is 12.1 Å². The lowest BCUT2D eigenvalue weighted by Gasteiger charge is -2.18. The van der Waals surface area contributed by atoms with Crippen LogP contribution in [0.5, 0.6) is 0 Å². The molecule has 0 amide bonds. The summed E-state index contributed by atoms with van der Waals surface area (Å²) in [6.45, 7) is 2.07. The van der Waals surface area contributed by atoms with Crippen LogP contribution < -0.4 is 5.32 Å². The van der Waals surface area contributed by atoms with Crippen molar-refractivity contribution in [2.24, 2.45) is 0 Å². The normalized spacial score (nSPS) is 12.1. The molecule has 1 unspecified atom stereocenters. The Hall–Kier alpha value is -1.95. The maximum absolute atomic E-state index is 13.4. The fourth-order valence-electron chi connectivity index (χ4n) is 2.03. The van der Waals surface area contributed by atoms with Crippen molar-refractivity contribution in [3.05, 3.63) is 56.5 Å². The predicted octanol–water partition coefficient (Wildman–Crippen LogP) is 4.75. The van der Waals surface area contributed by atoms with Gasteiger partial charge in [-0.25, -0.2) is 4.39 Å². The van der Waals surface area contributed by atoms with Gasteiger partial charge < -0.3 is 5.32 Å². The molecule has 0 saturated carbocycles. The van der Waals surface area contributed by atoms with E-state index in [9.17, 15) is 14.5 Å². The maximum atomic E-state index is 13.4. The third-order valence-electron chi connectivity index (χ3n) is 2.90. The topological polar surface area (TPSA) is 55.2 Å². The van der Waals surface area contributed by atoms with Gasteiger partial charge in [-0.3, -0.25) is 10.1 Å². The highest BCUT2D eigenvalue weighted by Gasteiger charge is 2.15. The first-order chi connectivity index (χ1) is 9.60. The van der Waals surface area contributed by atoms with E-state index in [0.717, 1.165) is 23.8 Å². The molecule has 0 bridgehead atoms. The van der Waals surface area contributed by atoms with E-state index < -0.39 is 10.7 Å². The Balaban J connectivity index is 2.24. The molecular weight excluding hydrogens is 279 g/mol. The van der Waals surface area contributed by atoms with Crippen LogP contribution >= 0.6 is 11.3 Å². The number of non-ortho nitro benzene ring substituents is 1. The van der Waals surface area contributed by atoms with Gasteiger partial charge >= 0.3 is 0 Å². The second kappa shape index (κ2) is 6.47. The molecule has 4 nitrogen and oxygen atoms in total. The first-order valence-corrected chi connectivity index (χ1v) is 7.23. The second-order valence-electron chi connectivity index (χ2n) is 4.46. The number of nitrogens with zero attached hydrogens (tertiary/aromatic N) is 1. The smallest absolute Gasteiger partial charge is 0.274 e. The fraction of sp³-hybridized carbons (Fsp3) is 0.286. The second-order valence-corrected chi connectivity index (χ2v) is 5.44. The van der Waals surface area contributed by atoms with E-state index in [2.05, 4.69) is 12.2 Å². The third-order valence-corrected chi connectivity index (χ3v) is 3.88. The lowest BCUT2D eigenvalue weighted by atomic mass is 10.1. The van der Waals surface area contributed by atoms with Crippen molar-refractivity contribution in [3.63, 3.8) is 0 Å². The van der Waals surface area contributed by atoms with Gasteiger partial charge in [-0.2, -0.15) is 0 Å². The van der Waals surface area contributed by atoms with Gasteiger partial charge in [-0.05, 0) is 23.9 Å². The highest BCUT2D eigenvalue weighted by atomic mass is 32.1. The van der Waals surface area contributed by atoms with Crippen molar-refractivity contribution >= 4 is 22.7 Å². The zero-order chi connectivity index (χ0) is 14.5. The summed E-state index contributed by atoms with van der Waals surface area (Å²) in [4.78, 5) is 11.3. The Morgan fingerprint density at radius 3 is 2.85 bits per heavy atom. The zero-order valence-electron chi connectivity index (χ0n) is 11.0. The van der Waals surface area contributed by atoms with Crippen molar-refractivity contribution in [2.75, 3.05) is 5.32 Å². The van der Waals surface area contributed by atoms with Crippen LogP contribution in [0.2, 0.25) is 0 Å². The van der Waals surface area contributed by atoms with E-state index in [0.29, 0.717) is 5.69 Å². The van der Waals surface area contributed by atoms with Crippen molar-refractivity contribution in [3.8, 4) is 0 Å². The number of hydrogen-bond acceptors (Lipinski definition) is 4. The van der Waals surface area contributed by atoms with Crippen LogP contribution in [0.4, 0.5) is 15.8 Å². The molecule has 0 radical (unpaired) electrons. The van der Waals surface area contributed by atoms with Crippen molar-refractivity contribution in [1.29, 1.82) is 0 Å². The van der Waals surface area contributed by atoms with Crippen LogP contribution in [-0.4, -0.2) is 4.92 Å². The number of anilines is 1. The summed E-state index contributed by atoms with van der Waals surface area (Å²) in [7, 11) is 0. The molecule has 1 aromatic carbocycles. The molecule has 1 heterocycles. The van der Waals surface area contributed by atoms with Gasteiger partial charge in [-0.1, -0.05) is 19.4 Å². The molecular formula is C14H15FN2O2S. The number of nitro benzene ring substituents is 1. The Bertz CT molecular complexity index is 587. The van der Waals surface area contributed by atoms with Gasteiger partial charge in [0.1, 0.15) is 5.82 Å². The Kier molecular flexibility index (Phi) is 4.68. The summed E-state index contributed by atoms with van der Waals surface area (Å²) in [5, 5.41) is 15.9. The largest absolute Gasteiger partial charge is 0.377 e. The molecule has 1 atom stereocenters. The van der Waals surface area contributed by atoms with Crippen molar-refractivity contribution < 1.29 is 9.31 Å². The molecule has 6 heteroatoms. The molecule has 20 heavy (non-hydrogen) atoms. The summed E-state index contributed by atoms with van der Waals surface area (Å²) in [5.41, 5.74) is 0.192. The highest BCUT2D eigenvalue weighted by Crippen LogP contribution is 2.29. The molecule has 0 saturated heterocycles. The van der Waals surface area contributed by atoms with E-state index >= 15 is 0 Å². The highest BCUT2D eigenvalue weighted by molar-refractivity contribution is 7.10. The number of benzene rings is 1. The van der Waals surface area contributed by atoms with Crippen LogP contribution in [0.1, 0.15) is 30.7 Å². The van der Waals surface area contributed by atoms with Gasteiger partial charge in [0.2, 0.25) is 0 Å². The molecule has 2 aromatic rings. The third kappa shape index (κ3) is 3.54. The molecule has 2 rings (SSSR count). The van der Waals surface area contributed by atoms with Gasteiger partial charge in [0.15, 0.2) is 0 Å². The molecule has 0 fully saturated rings. The summed E-state index contributed by atoms with van der Waals surface area (Å²) in [6.07, 6.45) is 1.85. The van der Waals surface area contributed by atoms with E-state index in [1.54, 1.807) is 11.3 Å². The van der Waals surface area contributed by atoms with Crippen LogP contribution in [0.3, 0.4) is 0 Å². The Morgan fingerprint density at radius 1 is 1.45 bits per heavy atom. The monoisotopic (exact) mass is 294 g/mol. The van der Waals surface area contributed by atoms with E-state index in [1.807, 2.05) is 17.5 Å². The first-order valence-electron chi connectivity index (χ1n) is 6.35. The average molecular weight is 294 g/mol. The van der Waals surface area contributed by atoms with Crippen LogP contribution in [0.25, 0.3) is 0 Å². The number of halogens is 1. The number of rotatable bonds is 6. The Morgan fingerprint density at radius 2 is 2.25 bits per heavy atom. The van der Waals surface area contributed by atoms with Gasteiger partial charge in [0.25, 0.3) is 5.69 Å². The lowest BCUT2D eigenvalue weighted by molar-refractivity contribution is -0.385. The fourth-order valence-corrected chi connectivity index (χ4v) is 2.84. The maximum Gasteiger partial charge on any atom is 0.274 e. The Labute approximate surface area is 120 Å². The SMILES string of the molecule is CCCC(Nc1cc(F)cc([N+](=O)[O-])c1)c1cccs1. The average Bonchev–Trinajstić information content (AvgIpc) is 2.91. The summed E-state index contributed by atoms with van der Waals surface area (Å²) >= 11 is 1.61. The number of nitrogens with one attached hydrogen (secondary N) is 1. The molecule has 1 N–H and O–H groups in total. The predicted molar refractivity (Wildman–Crippen MR) is 78.6 cm³/mol. The van der Waals surface area contributed by atoms with Gasteiger partial charge in [-0.15, -0.1) is 11.3 Å². The first kappa shape index (κ1) is 14.5. The number of hydrogen-bond donors (Lipinski definition) is 1. The lowest BCUT2D eigenvalue weighted by Crippen LogP contribution is -2.09. The number of thiophene rings is 1. The summed E-state index contributed by atoms with van der Waals surface area (Å²) < 4.78 is 13.4. The van der Waals surface area contributed by atoms with Crippen molar-refractivity contribution in [2.45, 2.75) is 25.8 Å². The molecule has 0 aliphatic carbocycles. The van der Waals surface area contributed by atoms with Gasteiger partial charge in [0, 0.05) is 16.6 Å². The standard InChI is InChI=1S/C14H15FN2O2S/c1-2-4-13(14-5-3-6-20-14)16-11-7-10(15)8-12(9-11)17(18)19/h3,5-9,13,16H,2,4H2,1H3. The summed E-state index contributed by atoms with van der Waals surface area (Å²) in [6, 6.07) is 7.57. The molecule has 1 aromatic heterocycles. The van der Waals surface area contributed by atoms with Crippen LogP contribution in [0, 0.1) is 15.9 Å². The molecule has 0 spiro atoms. The minimum atomic E-state index is -0.608. The molecule has 0 aliphatic heterocycles. The minimum Gasteiger partial charge on any atom is -0.377 e. The molecule has 0 aliphatic rings. The van der Waals surface area contributed by atoms with E-state index in [-0.39, 0.29) is 11.7 Å². The van der Waals surface area contributed by atoms with Crippen LogP contribution in [0.15, 0.2) is 35.7 Å². The van der Waals surface area contributed by atoms with Crippen molar-refractivity contribution in [1.82, 2.24) is 0 Å². The van der Waals surface area contributed by atoms with Gasteiger partial charge in [0.05, 0.1) is 17.0 Å². The molecule has 106 valence electrons. The van der Waals surface area contributed by atoms with E-state index in [4.69, 9.17) is 0 Å². The quantitative estimate of drug-likeness (QED) is 0.618.